The monoisotopic (exact) mass is 844 g/mol. The molecule has 1 saturated heterocycles. The zero-order valence-corrected chi connectivity index (χ0v) is 35.5. The van der Waals surface area contributed by atoms with Gasteiger partial charge in [-0.15, -0.1) is 0 Å². The molecule has 5 aromatic rings. The molecule has 6 rings (SSSR count). The highest BCUT2D eigenvalue weighted by atomic mass is 16.6. The number of phenols is 1. The molecule has 0 aliphatic carbocycles. The number of aromatic hydroxyl groups is 1. The van der Waals surface area contributed by atoms with Crippen LogP contribution >= 0.6 is 0 Å². The number of Topliss-reactive ketones (excluding diaryl/α,β-unsaturated/α-hetero) is 1. The number of anilines is 1. The average molecular weight is 845 g/mol. The second kappa shape index (κ2) is 23.4. The number of likely N-dealkylation sites (tertiary alicyclic amines) is 1. The first-order chi connectivity index (χ1) is 29.5. The van der Waals surface area contributed by atoms with Gasteiger partial charge >= 0.3 is 6.09 Å². The van der Waals surface area contributed by atoms with Crippen LogP contribution < -0.4 is 10.9 Å². The van der Waals surface area contributed by atoms with Crippen molar-refractivity contribution in [1.29, 1.82) is 0 Å². The lowest BCUT2D eigenvalue weighted by molar-refractivity contribution is -0.130. The normalized spacial score (nSPS) is 14.1. The van der Waals surface area contributed by atoms with Crippen molar-refractivity contribution in [1.82, 2.24) is 14.8 Å². The van der Waals surface area contributed by atoms with Crippen molar-refractivity contribution < 1.29 is 29.3 Å². The van der Waals surface area contributed by atoms with Gasteiger partial charge in [-0.05, 0) is 91.3 Å². The van der Waals surface area contributed by atoms with Gasteiger partial charge < -0.3 is 29.7 Å². The van der Waals surface area contributed by atoms with Crippen molar-refractivity contribution >= 4 is 34.4 Å². The van der Waals surface area contributed by atoms with Crippen LogP contribution in [0.25, 0.3) is 22.0 Å². The SMILES string of the molecule is C.CC(CC[C@H](O)c1ccc(O)c2[nH]c(=O)ccc12)Cc1cccc(CC(=O)CCCCCN(C)C(=O)CCN2CCC(OC(=O)Nc3ccccc3-c3ccccc3)CC2)c1. The zero-order valence-electron chi connectivity index (χ0n) is 35.5. The highest BCUT2D eigenvalue weighted by Gasteiger charge is 2.24. The number of ketones is 1. The lowest BCUT2D eigenvalue weighted by atomic mass is 9.91. The number of aliphatic hydroxyl groups is 1. The van der Waals surface area contributed by atoms with Gasteiger partial charge in [0, 0.05) is 69.5 Å². The molecule has 4 N–H and O–H groups in total. The van der Waals surface area contributed by atoms with Crippen LogP contribution in [0.3, 0.4) is 0 Å². The second-order valence-corrected chi connectivity index (χ2v) is 16.6. The van der Waals surface area contributed by atoms with Crippen LogP contribution in [-0.2, 0) is 27.2 Å². The molecule has 11 heteroatoms. The highest BCUT2D eigenvalue weighted by molar-refractivity contribution is 5.91. The number of pyridine rings is 1. The minimum atomic E-state index is -0.734. The van der Waals surface area contributed by atoms with E-state index < -0.39 is 12.2 Å². The first-order valence-corrected chi connectivity index (χ1v) is 21.7. The molecule has 62 heavy (non-hydrogen) atoms. The number of phenolic OH excluding ortho intramolecular Hbond substituents is 1. The van der Waals surface area contributed by atoms with Gasteiger partial charge in [0.25, 0.3) is 0 Å². The molecule has 1 aliphatic rings. The first-order valence-electron chi connectivity index (χ1n) is 21.7. The largest absolute Gasteiger partial charge is 0.506 e. The van der Waals surface area contributed by atoms with E-state index in [-0.39, 0.29) is 36.5 Å². The Labute approximate surface area is 366 Å². The number of aliphatic hydroxyl groups excluding tert-OH is 1. The minimum Gasteiger partial charge on any atom is -0.506 e. The number of nitrogens with one attached hydrogen (secondary N) is 2. The molecule has 1 aromatic heterocycles. The number of piperidine rings is 1. The van der Waals surface area contributed by atoms with E-state index in [4.69, 9.17) is 4.74 Å². The third kappa shape index (κ3) is 13.9. The molecule has 4 aromatic carbocycles. The predicted molar refractivity (Wildman–Crippen MR) is 247 cm³/mol. The van der Waals surface area contributed by atoms with Crippen LogP contribution in [0, 0.1) is 5.92 Å². The standard InChI is InChI=1S/C50H60N4O7.CH4/c1-35(19-22-45(56)42-20-23-46(57)49-43(42)21-24-47(58)52-49)32-36-12-11-13-37(33-36)34-39(55)16-7-4-10-28-53(2)48(59)27-31-54-29-25-40(26-30-54)61-50(60)51-44-18-9-8-17-41(44)38-14-5-3-6-15-38;/h3,5-6,8-9,11-15,17-18,20-21,23-24,33,35,40,45,56-57H,4,7,10,16,19,22,25-32,34H2,1-2H3,(H,51,60)(H,52,58);1H4/t35?,45-;/m0./s1. The molecule has 0 radical (unpaired) electrons. The van der Waals surface area contributed by atoms with Crippen LogP contribution in [0.2, 0.25) is 0 Å². The summed E-state index contributed by atoms with van der Waals surface area (Å²) in [6.07, 6.45) is 6.10. The summed E-state index contributed by atoms with van der Waals surface area (Å²) in [5.74, 6) is 0.593. The Kier molecular flexibility index (Phi) is 17.9. The first kappa shape index (κ1) is 47.3. The van der Waals surface area contributed by atoms with Crippen molar-refractivity contribution in [2.45, 2.75) is 97.2 Å². The summed E-state index contributed by atoms with van der Waals surface area (Å²) in [6, 6.07) is 32.0. The lowest BCUT2D eigenvalue weighted by Gasteiger charge is -2.31. The number of hydrogen-bond donors (Lipinski definition) is 4. The number of aromatic nitrogens is 1. The van der Waals surface area contributed by atoms with Crippen molar-refractivity contribution in [3.8, 4) is 16.9 Å². The fourth-order valence-corrected chi connectivity index (χ4v) is 8.25. The van der Waals surface area contributed by atoms with Crippen molar-refractivity contribution in [3.05, 3.63) is 130 Å². The molecule has 1 fully saturated rings. The molecule has 2 atom stereocenters. The maximum atomic E-state index is 12.9. The summed E-state index contributed by atoms with van der Waals surface area (Å²) in [4.78, 5) is 57.0. The Morgan fingerprint density at radius 3 is 2.40 bits per heavy atom. The number of carbonyl (C=O) groups excluding carboxylic acids is 3. The Bertz CT molecular complexity index is 2290. The smallest absolute Gasteiger partial charge is 0.411 e. The highest BCUT2D eigenvalue weighted by Crippen LogP contribution is 2.32. The minimum absolute atomic E-state index is 0. The fraction of sp³-hybridized carbons (Fsp3) is 0.412. The fourth-order valence-electron chi connectivity index (χ4n) is 8.25. The number of amides is 2. The number of carbonyl (C=O) groups is 3. The van der Waals surface area contributed by atoms with E-state index in [2.05, 4.69) is 34.3 Å². The number of benzene rings is 4. The van der Waals surface area contributed by atoms with Gasteiger partial charge in [-0.3, -0.25) is 19.7 Å². The van der Waals surface area contributed by atoms with Crippen LogP contribution in [-0.4, -0.2) is 82.1 Å². The van der Waals surface area contributed by atoms with Gasteiger partial charge in [0.15, 0.2) is 0 Å². The number of aromatic amines is 1. The Morgan fingerprint density at radius 1 is 0.871 bits per heavy atom. The number of rotatable bonds is 20. The number of unbranched alkanes of at least 4 members (excludes halogenated alkanes) is 2. The van der Waals surface area contributed by atoms with Gasteiger partial charge in [0.05, 0.1) is 17.3 Å². The molecule has 1 aliphatic heterocycles. The zero-order chi connectivity index (χ0) is 43.1. The Morgan fingerprint density at radius 2 is 1.61 bits per heavy atom. The molecular weight excluding hydrogens is 781 g/mol. The van der Waals surface area contributed by atoms with Crippen molar-refractivity contribution in [2.24, 2.45) is 5.92 Å². The average Bonchev–Trinajstić information content (AvgIpc) is 3.26. The Balaban J connectivity index is 0.00000726. The molecule has 330 valence electrons. The maximum absolute atomic E-state index is 12.9. The number of ether oxygens (including phenoxy) is 1. The van der Waals surface area contributed by atoms with E-state index in [1.807, 2.05) is 73.8 Å². The maximum Gasteiger partial charge on any atom is 0.411 e. The van der Waals surface area contributed by atoms with Gasteiger partial charge in [-0.25, -0.2) is 4.79 Å². The van der Waals surface area contributed by atoms with E-state index in [1.165, 1.54) is 12.1 Å². The molecule has 2 amide bonds. The summed E-state index contributed by atoms with van der Waals surface area (Å²) >= 11 is 0. The molecule has 1 unspecified atom stereocenters. The number of H-pyrrole nitrogens is 1. The third-order valence-corrected chi connectivity index (χ3v) is 11.7. The van der Waals surface area contributed by atoms with Crippen LogP contribution in [0.5, 0.6) is 5.75 Å². The third-order valence-electron chi connectivity index (χ3n) is 11.7. The molecule has 0 spiro atoms. The van der Waals surface area contributed by atoms with E-state index >= 15 is 0 Å². The molecule has 2 heterocycles. The van der Waals surface area contributed by atoms with Gasteiger partial charge in [0.2, 0.25) is 11.5 Å². The number of para-hydroxylation sites is 1. The topological polar surface area (TPSA) is 152 Å². The van der Waals surface area contributed by atoms with E-state index in [1.54, 1.807) is 17.0 Å². The van der Waals surface area contributed by atoms with Crippen molar-refractivity contribution in [2.75, 3.05) is 38.5 Å². The lowest BCUT2D eigenvalue weighted by Crippen LogP contribution is -2.40. The van der Waals surface area contributed by atoms with E-state index in [0.29, 0.717) is 66.8 Å². The molecular formula is C51H64N4O7. The quantitative estimate of drug-likeness (QED) is 0.0566. The van der Waals surface area contributed by atoms with Gasteiger partial charge in [-0.2, -0.15) is 0 Å². The number of fused-ring (bicyclic) bond motifs is 1. The van der Waals surface area contributed by atoms with Gasteiger partial charge in [-0.1, -0.05) is 99.6 Å². The summed E-state index contributed by atoms with van der Waals surface area (Å²) in [5, 5.41) is 24.7. The Hall–Kier alpha value is -5.78. The number of hydrogen-bond acceptors (Lipinski definition) is 8. The molecule has 0 saturated carbocycles. The summed E-state index contributed by atoms with van der Waals surface area (Å²) < 4.78 is 5.77. The van der Waals surface area contributed by atoms with Crippen LogP contribution in [0.4, 0.5) is 10.5 Å². The molecule has 0 bridgehead atoms. The van der Waals surface area contributed by atoms with Crippen LogP contribution in [0.1, 0.15) is 94.9 Å². The van der Waals surface area contributed by atoms with Crippen LogP contribution in [0.15, 0.2) is 108 Å². The second-order valence-electron chi connectivity index (χ2n) is 16.6. The predicted octanol–water partition coefficient (Wildman–Crippen LogP) is 9.46. The van der Waals surface area contributed by atoms with E-state index in [9.17, 15) is 29.4 Å². The van der Waals surface area contributed by atoms with E-state index in [0.717, 1.165) is 80.3 Å². The summed E-state index contributed by atoms with van der Waals surface area (Å²) in [6.45, 7) is 5.03. The summed E-state index contributed by atoms with van der Waals surface area (Å²) in [7, 11) is 1.85. The van der Waals surface area contributed by atoms with Gasteiger partial charge in [0.1, 0.15) is 17.6 Å². The van der Waals surface area contributed by atoms with Crippen molar-refractivity contribution in [3.63, 3.8) is 0 Å². The summed E-state index contributed by atoms with van der Waals surface area (Å²) in [5.41, 5.74) is 5.54. The number of nitrogens with zero attached hydrogens (tertiary/aromatic N) is 2. The molecule has 11 nitrogen and oxygen atoms in total.